The quantitative estimate of drug-likeness (QED) is 0.880. The van der Waals surface area contributed by atoms with Gasteiger partial charge in [0.1, 0.15) is 5.82 Å². The first-order chi connectivity index (χ1) is 11.1. The van der Waals surface area contributed by atoms with Gasteiger partial charge in [0.2, 0.25) is 5.91 Å². The fourth-order valence-electron chi connectivity index (χ4n) is 2.92. The van der Waals surface area contributed by atoms with Crippen molar-refractivity contribution >= 4 is 23.6 Å². The molecule has 5 nitrogen and oxygen atoms in total. The number of hydrogen-bond acceptors (Lipinski definition) is 4. The Morgan fingerprint density at radius 3 is 2.70 bits per heavy atom. The van der Waals surface area contributed by atoms with E-state index in [4.69, 9.17) is 0 Å². The number of nitrogens with one attached hydrogen (secondary N) is 1. The van der Waals surface area contributed by atoms with E-state index in [0.29, 0.717) is 31.7 Å². The minimum Gasteiger partial charge on any atom is -0.339 e. The summed E-state index contributed by atoms with van der Waals surface area (Å²) < 4.78 is 13.3. The average Bonchev–Trinajstić information content (AvgIpc) is 2.98. The summed E-state index contributed by atoms with van der Waals surface area (Å²) in [6.07, 6.45) is 0.743. The molecule has 2 fully saturated rings. The molecule has 1 atom stereocenters. The molecule has 1 N–H and O–H groups in total. The molecule has 1 unspecified atom stereocenters. The SMILES string of the molecule is O=C(c1cccc(F)c1)N1CCCN(C(=O)C2CSCN2)CC1. The second-order valence-electron chi connectivity index (χ2n) is 5.75. The van der Waals surface area contributed by atoms with Crippen LogP contribution in [0.25, 0.3) is 0 Å². The van der Waals surface area contributed by atoms with E-state index in [1.54, 1.807) is 28.8 Å². The van der Waals surface area contributed by atoms with Crippen molar-refractivity contribution in [3.8, 4) is 0 Å². The van der Waals surface area contributed by atoms with Crippen LogP contribution in [0.5, 0.6) is 0 Å². The second-order valence-corrected chi connectivity index (χ2v) is 6.78. The fraction of sp³-hybridized carbons (Fsp3) is 0.500. The molecule has 1 aromatic rings. The summed E-state index contributed by atoms with van der Waals surface area (Å²) in [6.45, 7) is 2.27. The zero-order valence-corrected chi connectivity index (χ0v) is 13.7. The molecule has 2 heterocycles. The first-order valence-electron chi connectivity index (χ1n) is 7.80. The van der Waals surface area contributed by atoms with Gasteiger partial charge in [-0.05, 0) is 24.6 Å². The number of thioether (sulfide) groups is 1. The van der Waals surface area contributed by atoms with E-state index < -0.39 is 5.82 Å². The Hall–Kier alpha value is -1.60. The van der Waals surface area contributed by atoms with E-state index in [2.05, 4.69) is 5.32 Å². The lowest BCUT2D eigenvalue weighted by atomic mass is 10.2. The standard InChI is InChI=1S/C16H20FN3O2S/c17-13-4-1-3-12(9-13)15(21)19-5-2-6-20(8-7-19)16(22)14-10-23-11-18-14/h1,3-4,9,14,18H,2,5-8,10-11H2. The number of halogens is 1. The normalized spacial score (nSPS) is 22.0. The fourth-order valence-corrected chi connectivity index (χ4v) is 3.85. The number of amides is 2. The molecular formula is C16H20FN3O2S. The molecule has 2 aliphatic rings. The number of rotatable bonds is 2. The van der Waals surface area contributed by atoms with Gasteiger partial charge in [-0.3, -0.25) is 14.9 Å². The molecule has 0 bridgehead atoms. The molecule has 2 aliphatic heterocycles. The number of nitrogens with zero attached hydrogens (tertiary/aromatic N) is 2. The van der Waals surface area contributed by atoms with Crippen LogP contribution in [0.2, 0.25) is 0 Å². The van der Waals surface area contributed by atoms with Crippen LogP contribution in [0, 0.1) is 5.82 Å². The highest BCUT2D eigenvalue weighted by atomic mass is 32.2. The van der Waals surface area contributed by atoms with Gasteiger partial charge >= 0.3 is 0 Å². The molecule has 0 spiro atoms. The van der Waals surface area contributed by atoms with Gasteiger partial charge in [0.25, 0.3) is 5.91 Å². The molecule has 3 rings (SSSR count). The zero-order chi connectivity index (χ0) is 16.2. The van der Waals surface area contributed by atoms with Crippen molar-refractivity contribution < 1.29 is 14.0 Å². The predicted octanol–water partition coefficient (Wildman–Crippen LogP) is 1.16. The average molecular weight is 337 g/mol. The van der Waals surface area contributed by atoms with Gasteiger partial charge in [-0.1, -0.05) is 6.07 Å². The van der Waals surface area contributed by atoms with Crippen molar-refractivity contribution in [2.75, 3.05) is 37.8 Å². The topological polar surface area (TPSA) is 52.7 Å². The number of carbonyl (C=O) groups is 2. The third kappa shape index (κ3) is 3.84. The van der Waals surface area contributed by atoms with Crippen LogP contribution < -0.4 is 5.32 Å². The third-order valence-corrected chi connectivity index (χ3v) is 5.12. The molecule has 2 amide bonds. The van der Waals surface area contributed by atoms with E-state index in [-0.39, 0.29) is 17.9 Å². The Kier molecular flexibility index (Phi) is 5.17. The third-order valence-electron chi connectivity index (χ3n) is 4.18. The first kappa shape index (κ1) is 16.3. The molecule has 7 heteroatoms. The molecule has 0 aliphatic carbocycles. The molecule has 0 saturated carbocycles. The maximum atomic E-state index is 13.3. The van der Waals surface area contributed by atoms with Crippen molar-refractivity contribution in [2.24, 2.45) is 0 Å². The van der Waals surface area contributed by atoms with Crippen LogP contribution in [0.4, 0.5) is 4.39 Å². The van der Waals surface area contributed by atoms with Gasteiger partial charge in [-0.2, -0.15) is 0 Å². The lowest BCUT2D eigenvalue weighted by molar-refractivity contribution is -0.132. The van der Waals surface area contributed by atoms with E-state index >= 15 is 0 Å². The molecule has 0 radical (unpaired) electrons. The summed E-state index contributed by atoms with van der Waals surface area (Å²) in [4.78, 5) is 28.5. The van der Waals surface area contributed by atoms with Crippen LogP contribution in [-0.2, 0) is 4.79 Å². The monoisotopic (exact) mass is 337 g/mol. The van der Waals surface area contributed by atoms with E-state index in [1.165, 1.54) is 12.1 Å². The van der Waals surface area contributed by atoms with Crippen molar-refractivity contribution in [3.63, 3.8) is 0 Å². The maximum Gasteiger partial charge on any atom is 0.254 e. The molecule has 23 heavy (non-hydrogen) atoms. The Morgan fingerprint density at radius 1 is 1.17 bits per heavy atom. The number of hydrogen-bond donors (Lipinski definition) is 1. The molecule has 124 valence electrons. The highest BCUT2D eigenvalue weighted by Gasteiger charge is 2.29. The van der Waals surface area contributed by atoms with Gasteiger partial charge < -0.3 is 9.80 Å². The smallest absolute Gasteiger partial charge is 0.254 e. The Balaban J connectivity index is 1.61. The number of benzene rings is 1. The maximum absolute atomic E-state index is 13.3. The van der Waals surface area contributed by atoms with Gasteiger partial charge in [-0.25, -0.2) is 4.39 Å². The van der Waals surface area contributed by atoms with E-state index in [9.17, 15) is 14.0 Å². The van der Waals surface area contributed by atoms with Gasteiger partial charge in [0, 0.05) is 43.4 Å². The summed E-state index contributed by atoms with van der Waals surface area (Å²) in [5, 5.41) is 3.19. The van der Waals surface area contributed by atoms with Crippen LogP contribution >= 0.6 is 11.8 Å². The molecule has 0 aromatic heterocycles. The Labute approximate surface area is 139 Å². The van der Waals surface area contributed by atoms with Crippen molar-refractivity contribution in [1.29, 1.82) is 0 Å². The molecule has 1 aromatic carbocycles. The van der Waals surface area contributed by atoms with Crippen LogP contribution in [0.1, 0.15) is 16.8 Å². The van der Waals surface area contributed by atoms with E-state index in [0.717, 1.165) is 18.1 Å². The molecule has 2 saturated heterocycles. The number of carbonyl (C=O) groups excluding carboxylic acids is 2. The lowest BCUT2D eigenvalue weighted by Gasteiger charge is -2.24. The van der Waals surface area contributed by atoms with Crippen LogP contribution in [-0.4, -0.2) is 65.5 Å². The Morgan fingerprint density at radius 2 is 1.96 bits per heavy atom. The van der Waals surface area contributed by atoms with Crippen molar-refractivity contribution in [3.05, 3.63) is 35.6 Å². The Bertz CT molecular complexity index is 592. The van der Waals surface area contributed by atoms with Gasteiger partial charge in [0.05, 0.1) is 6.04 Å². The minimum atomic E-state index is -0.410. The summed E-state index contributed by atoms with van der Waals surface area (Å²) >= 11 is 1.73. The summed E-state index contributed by atoms with van der Waals surface area (Å²) in [5.74, 6) is 1.16. The van der Waals surface area contributed by atoms with E-state index in [1.807, 2.05) is 4.90 Å². The second kappa shape index (κ2) is 7.31. The van der Waals surface area contributed by atoms with Crippen molar-refractivity contribution in [1.82, 2.24) is 15.1 Å². The zero-order valence-electron chi connectivity index (χ0n) is 12.8. The summed E-state index contributed by atoms with van der Waals surface area (Å²) in [7, 11) is 0. The lowest BCUT2D eigenvalue weighted by Crippen LogP contribution is -2.46. The van der Waals surface area contributed by atoms with Gasteiger partial charge in [-0.15, -0.1) is 11.8 Å². The van der Waals surface area contributed by atoms with Crippen LogP contribution in [0.15, 0.2) is 24.3 Å². The first-order valence-corrected chi connectivity index (χ1v) is 8.95. The highest BCUT2D eigenvalue weighted by molar-refractivity contribution is 7.99. The predicted molar refractivity (Wildman–Crippen MR) is 87.7 cm³/mol. The summed E-state index contributed by atoms with van der Waals surface area (Å²) in [5.41, 5.74) is 0.360. The van der Waals surface area contributed by atoms with Crippen molar-refractivity contribution in [2.45, 2.75) is 12.5 Å². The highest BCUT2D eigenvalue weighted by Crippen LogP contribution is 2.15. The minimum absolute atomic E-state index is 0.106. The van der Waals surface area contributed by atoms with Crippen LogP contribution in [0.3, 0.4) is 0 Å². The molecular weight excluding hydrogens is 317 g/mol. The summed E-state index contributed by atoms with van der Waals surface area (Å²) in [6, 6.07) is 5.64. The largest absolute Gasteiger partial charge is 0.339 e. The van der Waals surface area contributed by atoms with Gasteiger partial charge in [0.15, 0.2) is 0 Å².